The van der Waals surface area contributed by atoms with Crippen LogP contribution in [0.5, 0.6) is 0 Å². The molecule has 0 saturated carbocycles. The molecule has 0 atom stereocenters. The van der Waals surface area contributed by atoms with Crippen LogP contribution < -0.4 is 5.73 Å². The van der Waals surface area contributed by atoms with Gasteiger partial charge in [-0.2, -0.15) is 13.2 Å². The number of anilines is 1. The predicted molar refractivity (Wildman–Crippen MR) is 75.1 cm³/mol. The van der Waals surface area contributed by atoms with Gasteiger partial charge in [-0.1, -0.05) is 18.2 Å². The summed E-state index contributed by atoms with van der Waals surface area (Å²) in [4.78, 5) is 12.1. The third kappa shape index (κ3) is 3.62. The second-order valence-electron chi connectivity index (χ2n) is 4.87. The molecule has 0 bridgehead atoms. The summed E-state index contributed by atoms with van der Waals surface area (Å²) in [5, 5.41) is 0. The SMILES string of the molecule is Cc1cc(C(=O)Cc2cccc(C(F)(F)F)c2)ccc1N. The van der Waals surface area contributed by atoms with Crippen molar-refractivity contribution in [2.45, 2.75) is 19.5 Å². The standard InChI is InChI=1S/C16H14F3NO/c1-10-7-12(5-6-14(10)20)15(21)9-11-3-2-4-13(8-11)16(17,18)19/h2-8H,9,20H2,1H3. The number of nitrogens with two attached hydrogens (primary N) is 1. The van der Waals surface area contributed by atoms with Gasteiger partial charge in [-0.05, 0) is 42.3 Å². The molecule has 0 aliphatic rings. The Labute approximate surface area is 120 Å². The van der Waals surface area contributed by atoms with E-state index in [0.717, 1.165) is 17.7 Å². The van der Waals surface area contributed by atoms with Crippen molar-refractivity contribution in [3.8, 4) is 0 Å². The molecule has 2 nitrogen and oxygen atoms in total. The van der Waals surface area contributed by atoms with E-state index in [-0.39, 0.29) is 12.2 Å². The molecule has 2 N–H and O–H groups in total. The second kappa shape index (κ2) is 5.60. The van der Waals surface area contributed by atoms with Crippen molar-refractivity contribution in [2.75, 3.05) is 5.73 Å². The van der Waals surface area contributed by atoms with Gasteiger partial charge in [-0.15, -0.1) is 0 Å². The summed E-state index contributed by atoms with van der Waals surface area (Å²) in [6.45, 7) is 1.77. The largest absolute Gasteiger partial charge is 0.416 e. The summed E-state index contributed by atoms with van der Waals surface area (Å²) in [6.07, 6.45) is -4.48. The van der Waals surface area contributed by atoms with Crippen LogP contribution in [0.15, 0.2) is 42.5 Å². The van der Waals surface area contributed by atoms with Crippen molar-refractivity contribution in [1.82, 2.24) is 0 Å². The highest BCUT2D eigenvalue weighted by Crippen LogP contribution is 2.29. The predicted octanol–water partition coefficient (Wildman–Crippen LogP) is 4.02. The molecule has 2 aromatic carbocycles. The zero-order valence-electron chi connectivity index (χ0n) is 11.4. The second-order valence-corrected chi connectivity index (χ2v) is 4.87. The molecule has 0 aromatic heterocycles. The van der Waals surface area contributed by atoms with Crippen LogP contribution in [0.3, 0.4) is 0 Å². The number of hydrogen-bond acceptors (Lipinski definition) is 2. The van der Waals surface area contributed by atoms with Crippen LogP contribution in [0.1, 0.15) is 27.0 Å². The number of carbonyl (C=O) groups excluding carboxylic acids is 1. The van der Waals surface area contributed by atoms with Gasteiger partial charge in [-0.3, -0.25) is 4.79 Å². The van der Waals surface area contributed by atoms with E-state index < -0.39 is 11.7 Å². The number of halogens is 3. The summed E-state index contributed by atoms with van der Waals surface area (Å²) in [6, 6.07) is 9.65. The summed E-state index contributed by atoms with van der Waals surface area (Å²) in [5.41, 5.74) is 7.05. The van der Waals surface area contributed by atoms with E-state index in [9.17, 15) is 18.0 Å². The quantitative estimate of drug-likeness (QED) is 0.686. The molecule has 21 heavy (non-hydrogen) atoms. The van der Waals surface area contributed by atoms with Crippen molar-refractivity contribution < 1.29 is 18.0 Å². The molecule has 0 aliphatic heterocycles. The molecule has 0 fully saturated rings. The summed E-state index contributed by atoms with van der Waals surface area (Å²) in [7, 11) is 0. The van der Waals surface area contributed by atoms with E-state index in [4.69, 9.17) is 5.73 Å². The normalized spacial score (nSPS) is 11.4. The monoisotopic (exact) mass is 293 g/mol. The Morgan fingerprint density at radius 2 is 1.86 bits per heavy atom. The zero-order valence-corrected chi connectivity index (χ0v) is 11.4. The molecule has 0 heterocycles. The van der Waals surface area contributed by atoms with Crippen LogP contribution in [0, 0.1) is 6.92 Å². The molecule has 2 rings (SSSR count). The molecule has 110 valence electrons. The van der Waals surface area contributed by atoms with Crippen LogP contribution in [0.2, 0.25) is 0 Å². The molecule has 0 spiro atoms. The minimum atomic E-state index is -4.41. The Morgan fingerprint density at radius 3 is 2.48 bits per heavy atom. The number of benzene rings is 2. The summed E-state index contributed by atoms with van der Waals surface area (Å²) < 4.78 is 37.9. The Morgan fingerprint density at radius 1 is 1.14 bits per heavy atom. The topological polar surface area (TPSA) is 43.1 Å². The van der Waals surface area contributed by atoms with E-state index in [1.54, 1.807) is 25.1 Å². The van der Waals surface area contributed by atoms with E-state index in [1.165, 1.54) is 12.1 Å². The fraction of sp³-hybridized carbons (Fsp3) is 0.188. The third-order valence-electron chi connectivity index (χ3n) is 3.21. The molecule has 5 heteroatoms. The van der Waals surface area contributed by atoms with Crippen molar-refractivity contribution >= 4 is 11.5 Å². The van der Waals surface area contributed by atoms with Gasteiger partial charge >= 0.3 is 6.18 Å². The fourth-order valence-electron chi connectivity index (χ4n) is 1.99. The minimum absolute atomic E-state index is 0.0761. The molecular weight excluding hydrogens is 279 g/mol. The smallest absolute Gasteiger partial charge is 0.399 e. The number of hydrogen-bond donors (Lipinski definition) is 1. The first-order chi connectivity index (χ1) is 9.77. The van der Waals surface area contributed by atoms with E-state index in [0.29, 0.717) is 16.8 Å². The van der Waals surface area contributed by atoms with Crippen LogP contribution >= 0.6 is 0 Å². The first-order valence-corrected chi connectivity index (χ1v) is 6.33. The van der Waals surface area contributed by atoms with Crippen molar-refractivity contribution in [3.05, 3.63) is 64.7 Å². The summed E-state index contributed by atoms with van der Waals surface area (Å²) >= 11 is 0. The molecular formula is C16H14F3NO. The first kappa shape index (κ1) is 15.1. The maximum Gasteiger partial charge on any atom is 0.416 e. The molecule has 0 amide bonds. The van der Waals surface area contributed by atoms with Crippen LogP contribution in [-0.4, -0.2) is 5.78 Å². The van der Waals surface area contributed by atoms with E-state index in [2.05, 4.69) is 0 Å². The van der Waals surface area contributed by atoms with Crippen molar-refractivity contribution in [1.29, 1.82) is 0 Å². The van der Waals surface area contributed by atoms with Crippen molar-refractivity contribution in [2.24, 2.45) is 0 Å². The Bertz CT molecular complexity index is 677. The molecule has 2 aromatic rings. The average Bonchev–Trinajstić information content (AvgIpc) is 2.41. The number of aryl methyl sites for hydroxylation is 1. The van der Waals surface area contributed by atoms with Crippen molar-refractivity contribution in [3.63, 3.8) is 0 Å². The lowest BCUT2D eigenvalue weighted by molar-refractivity contribution is -0.137. The lowest BCUT2D eigenvalue weighted by atomic mass is 9.99. The lowest BCUT2D eigenvalue weighted by Crippen LogP contribution is -2.08. The van der Waals surface area contributed by atoms with Gasteiger partial charge in [0.1, 0.15) is 0 Å². The van der Waals surface area contributed by atoms with Gasteiger partial charge in [0, 0.05) is 17.7 Å². The van der Waals surface area contributed by atoms with Gasteiger partial charge in [0.2, 0.25) is 0 Å². The zero-order chi connectivity index (χ0) is 15.6. The molecule has 0 aliphatic carbocycles. The number of ketones is 1. The van der Waals surface area contributed by atoms with Gasteiger partial charge in [0.05, 0.1) is 5.56 Å². The highest BCUT2D eigenvalue weighted by Gasteiger charge is 2.30. The first-order valence-electron chi connectivity index (χ1n) is 6.33. The lowest BCUT2D eigenvalue weighted by Gasteiger charge is -2.09. The molecule has 0 saturated heterocycles. The van der Waals surface area contributed by atoms with E-state index >= 15 is 0 Å². The Hall–Kier alpha value is -2.30. The number of alkyl halides is 3. The van der Waals surface area contributed by atoms with Gasteiger partial charge < -0.3 is 5.73 Å². The number of nitrogen functional groups attached to an aromatic ring is 1. The Balaban J connectivity index is 2.21. The van der Waals surface area contributed by atoms with Crippen LogP contribution in [0.25, 0.3) is 0 Å². The Kier molecular flexibility index (Phi) is 4.02. The van der Waals surface area contributed by atoms with Crippen LogP contribution in [-0.2, 0) is 12.6 Å². The van der Waals surface area contributed by atoms with Crippen LogP contribution in [0.4, 0.5) is 18.9 Å². The fourth-order valence-corrected chi connectivity index (χ4v) is 1.99. The maximum atomic E-state index is 12.6. The highest BCUT2D eigenvalue weighted by atomic mass is 19.4. The molecule has 0 radical (unpaired) electrons. The number of Topliss-reactive ketones (excluding diaryl/α,β-unsaturated/α-hetero) is 1. The molecule has 0 unspecified atom stereocenters. The van der Waals surface area contributed by atoms with E-state index in [1.807, 2.05) is 0 Å². The van der Waals surface area contributed by atoms with Gasteiger partial charge in [0.25, 0.3) is 0 Å². The minimum Gasteiger partial charge on any atom is -0.399 e. The maximum absolute atomic E-state index is 12.6. The van der Waals surface area contributed by atoms with Gasteiger partial charge in [-0.25, -0.2) is 0 Å². The average molecular weight is 293 g/mol. The highest BCUT2D eigenvalue weighted by molar-refractivity contribution is 5.98. The third-order valence-corrected chi connectivity index (χ3v) is 3.21. The summed E-state index contributed by atoms with van der Waals surface area (Å²) in [5.74, 6) is -0.238. The number of carbonyl (C=O) groups is 1. The number of rotatable bonds is 3. The van der Waals surface area contributed by atoms with Gasteiger partial charge in [0.15, 0.2) is 5.78 Å².